The summed E-state index contributed by atoms with van der Waals surface area (Å²) in [6, 6.07) is 5.99. The number of aliphatic hydroxyl groups excluding tert-OH is 1. The number of aryl methyl sites for hydroxylation is 1. The highest BCUT2D eigenvalue weighted by Gasteiger charge is 2.35. The van der Waals surface area contributed by atoms with Crippen molar-refractivity contribution in [2.45, 2.75) is 25.2 Å². The topological polar surface area (TPSA) is 83.8 Å². The van der Waals surface area contributed by atoms with Crippen LogP contribution in [0.5, 0.6) is 0 Å². The molecule has 0 spiro atoms. The van der Waals surface area contributed by atoms with E-state index in [1.807, 2.05) is 6.92 Å². The maximum atomic E-state index is 10.5. The van der Waals surface area contributed by atoms with E-state index >= 15 is 0 Å². The van der Waals surface area contributed by atoms with Gasteiger partial charge in [-0.1, -0.05) is 24.6 Å². The summed E-state index contributed by atoms with van der Waals surface area (Å²) in [4.78, 5) is -0.0666. The van der Waals surface area contributed by atoms with E-state index in [4.69, 9.17) is 14.4 Å². The Labute approximate surface area is 114 Å². The third-order valence-corrected chi connectivity index (χ3v) is 4.09. The van der Waals surface area contributed by atoms with E-state index in [-0.39, 0.29) is 16.9 Å². The van der Waals surface area contributed by atoms with Gasteiger partial charge in [-0.05, 0) is 25.5 Å². The van der Waals surface area contributed by atoms with Crippen LogP contribution in [-0.4, -0.2) is 37.9 Å². The molecule has 1 aromatic carbocycles. The van der Waals surface area contributed by atoms with Crippen LogP contribution in [-0.2, 0) is 14.9 Å². The SMILES string of the molecule is CCC1(CO)COC1.Cc1ccc(S(=O)(=O)O)cc1. The molecular formula is C13H20O5S. The summed E-state index contributed by atoms with van der Waals surface area (Å²) in [5.74, 6) is 0. The molecule has 108 valence electrons. The smallest absolute Gasteiger partial charge is 0.294 e. The van der Waals surface area contributed by atoms with Crippen LogP contribution >= 0.6 is 0 Å². The molecule has 1 heterocycles. The normalized spacial score (nSPS) is 17.1. The van der Waals surface area contributed by atoms with Gasteiger partial charge in [0.15, 0.2) is 0 Å². The van der Waals surface area contributed by atoms with Crippen LogP contribution in [0.4, 0.5) is 0 Å². The first-order valence-electron chi connectivity index (χ1n) is 6.06. The average Bonchev–Trinajstić information content (AvgIpc) is 2.29. The number of benzene rings is 1. The van der Waals surface area contributed by atoms with Gasteiger partial charge >= 0.3 is 0 Å². The molecule has 2 N–H and O–H groups in total. The second kappa shape index (κ2) is 6.47. The summed E-state index contributed by atoms with van der Waals surface area (Å²) in [7, 11) is -4.02. The minimum Gasteiger partial charge on any atom is -0.396 e. The van der Waals surface area contributed by atoms with Crippen LogP contribution in [0, 0.1) is 12.3 Å². The van der Waals surface area contributed by atoms with Crippen LogP contribution in [0.15, 0.2) is 29.2 Å². The molecule has 19 heavy (non-hydrogen) atoms. The molecule has 0 aromatic heterocycles. The molecule has 0 aliphatic carbocycles. The van der Waals surface area contributed by atoms with Gasteiger partial charge in [-0.25, -0.2) is 0 Å². The molecule has 5 nitrogen and oxygen atoms in total. The zero-order chi connectivity index (χ0) is 14.5. The zero-order valence-corrected chi connectivity index (χ0v) is 12.0. The maximum absolute atomic E-state index is 10.5. The highest BCUT2D eigenvalue weighted by atomic mass is 32.2. The molecule has 0 saturated carbocycles. The number of rotatable bonds is 3. The Morgan fingerprint density at radius 3 is 2.00 bits per heavy atom. The van der Waals surface area contributed by atoms with Gasteiger partial charge in [0.2, 0.25) is 0 Å². The molecule has 1 aliphatic rings. The summed E-state index contributed by atoms with van der Waals surface area (Å²) in [6.45, 7) is 5.70. The largest absolute Gasteiger partial charge is 0.396 e. The van der Waals surface area contributed by atoms with Gasteiger partial charge in [-0.3, -0.25) is 4.55 Å². The molecule has 1 aromatic rings. The van der Waals surface area contributed by atoms with Gasteiger partial charge in [-0.15, -0.1) is 0 Å². The van der Waals surface area contributed by atoms with Crippen LogP contribution in [0.25, 0.3) is 0 Å². The van der Waals surface area contributed by atoms with Crippen molar-refractivity contribution >= 4 is 10.1 Å². The third-order valence-electron chi connectivity index (χ3n) is 3.22. The highest BCUT2D eigenvalue weighted by Crippen LogP contribution is 2.29. The number of hydrogen-bond acceptors (Lipinski definition) is 4. The van der Waals surface area contributed by atoms with Crippen molar-refractivity contribution in [3.63, 3.8) is 0 Å². The Kier molecular flexibility index (Phi) is 5.49. The molecule has 1 saturated heterocycles. The summed E-state index contributed by atoms with van der Waals surface area (Å²) < 4.78 is 34.5. The Bertz CT molecular complexity index is 475. The lowest BCUT2D eigenvalue weighted by Gasteiger charge is -2.38. The van der Waals surface area contributed by atoms with Crippen LogP contribution in [0.3, 0.4) is 0 Å². The van der Waals surface area contributed by atoms with Gasteiger partial charge in [0, 0.05) is 5.41 Å². The third kappa shape index (κ3) is 4.58. The van der Waals surface area contributed by atoms with E-state index in [0.29, 0.717) is 0 Å². The molecule has 6 heteroatoms. The van der Waals surface area contributed by atoms with Crippen molar-refractivity contribution in [1.82, 2.24) is 0 Å². The number of ether oxygens (including phenoxy) is 1. The fraction of sp³-hybridized carbons (Fsp3) is 0.538. The molecule has 1 aliphatic heterocycles. The minimum absolute atomic E-state index is 0.0666. The van der Waals surface area contributed by atoms with Crippen molar-refractivity contribution in [2.24, 2.45) is 5.41 Å². The zero-order valence-electron chi connectivity index (χ0n) is 11.2. The highest BCUT2D eigenvalue weighted by molar-refractivity contribution is 7.85. The quantitative estimate of drug-likeness (QED) is 0.826. The molecule has 0 radical (unpaired) electrons. The van der Waals surface area contributed by atoms with E-state index in [0.717, 1.165) is 25.2 Å². The van der Waals surface area contributed by atoms with Crippen molar-refractivity contribution in [3.8, 4) is 0 Å². The van der Waals surface area contributed by atoms with Gasteiger partial charge < -0.3 is 9.84 Å². The van der Waals surface area contributed by atoms with Crippen LogP contribution in [0.2, 0.25) is 0 Å². The fourth-order valence-electron chi connectivity index (χ4n) is 1.51. The lowest BCUT2D eigenvalue weighted by Crippen LogP contribution is -2.44. The predicted octanol–water partition coefficient (Wildman–Crippen LogP) is 1.65. The van der Waals surface area contributed by atoms with E-state index in [1.54, 1.807) is 12.1 Å². The maximum Gasteiger partial charge on any atom is 0.294 e. The molecule has 0 atom stereocenters. The summed E-state index contributed by atoms with van der Waals surface area (Å²) in [6.07, 6.45) is 1.03. The van der Waals surface area contributed by atoms with E-state index < -0.39 is 10.1 Å². The molecule has 0 unspecified atom stereocenters. The Morgan fingerprint density at radius 2 is 1.79 bits per heavy atom. The molecular weight excluding hydrogens is 268 g/mol. The fourth-order valence-corrected chi connectivity index (χ4v) is 1.99. The van der Waals surface area contributed by atoms with Crippen molar-refractivity contribution < 1.29 is 22.8 Å². The molecule has 0 amide bonds. The molecule has 1 fully saturated rings. The first kappa shape index (κ1) is 16.1. The lowest BCUT2D eigenvalue weighted by molar-refractivity contribution is -0.138. The van der Waals surface area contributed by atoms with Crippen LogP contribution < -0.4 is 0 Å². The van der Waals surface area contributed by atoms with Gasteiger partial charge in [0.25, 0.3) is 10.1 Å². The van der Waals surface area contributed by atoms with Gasteiger partial charge in [-0.2, -0.15) is 8.42 Å². The summed E-state index contributed by atoms with van der Waals surface area (Å²) in [5, 5.41) is 8.76. The number of hydrogen-bond donors (Lipinski definition) is 2. The second-order valence-electron chi connectivity index (χ2n) is 4.79. The Hall–Kier alpha value is -0.950. The predicted molar refractivity (Wildman–Crippen MR) is 71.6 cm³/mol. The van der Waals surface area contributed by atoms with E-state index in [2.05, 4.69) is 6.92 Å². The minimum atomic E-state index is -4.02. The average molecular weight is 288 g/mol. The van der Waals surface area contributed by atoms with Crippen molar-refractivity contribution in [2.75, 3.05) is 19.8 Å². The summed E-state index contributed by atoms with van der Waals surface area (Å²) in [5.41, 5.74) is 1.09. The Morgan fingerprint density at radius 1 is 1.26 bits per heavy atom. The van der Waals surface area contributed by atoms with E-state index in [1.165, 1.54) is 12.1 Å². The van der Waals surface area contributed by atoms with Crippen molar-refractivity contribution in [1.29, 1.82) is 0 Å². The second-order valence-corrected chi connectivity index (χ2v) is 6.21. The standard InChI is InChI=1S/C7H8O3S.C6H12O2/c1-6-2-4-7(5-3-6)11(8,9)10;1-2-6(3-7)4-8-5-6/h2-5H,1H3,(H,8,9,10);7H,2-5H2,1H3. The molecule has 0 bridgehead atoms. The number of aliphatic hydroxyl groups is 1. The van der Waals surface area contributed by atoms with Crippen molar-refractivity contribution in [3.05, 3.63) is 29.8 Å². The first-order chi connectivity index (χ1) is 8.83. The van der Waals surface area contributed by atoms with Gasteiger partial charge in [0.1, 0.15) is 0 Å². The van der Waals surface area contributed by atoms with Crippen LogP contribution in [0.1, 0.15) is 18.9 Å². The molecule has 2 rings (SSSR count). The Balaban J connectivity index is 0.000000200. The van der Waals surface area contributed by atoms with Gasteiger partial charge in [0.05, 0.1) is 24.7 Å². The first-order valence-corrected chi connectivity index (χ1v) is 7.50. The summed E-state index contributed by atoms with van der Waals surface area (Å²) >= 11 is 0. The van der Waals surface area contributed by atoms with E-state index in [9.17, 15) is 8.42 Å². The monoisotopic (exact) mass is 288 g/mol. The lowest BCUT2D eigenvalue weighted by atomic mass is 9.84.